The number of aliphatic imine (C=N–C) groups is 1. The van der Waals surface area contributed by atoms with Crippen LogP contribution in [0.3, 0.4) is 0 Å². The maximum absolute atomic E-state index is 14.3. The first-order valence-electron chi connectivity index (χ1n) is 15.6. The molecule has 1 saturated carbocycles. The molecule has 0 aromatic heterocycles. The van der Waals surface area contributed by atoms with Crippen LogP contribution in [0.15, 0.2) is 69.6 Å². The molecule has 3 unspecified atom stereocenters. The van der Waals surface area contributed by atoms with Gasteiger partial charge in [-0.05, 0) is 78.7 Å². The van der Waals surface area contributed by atoms with Gasteiger partial charge in [0.1, 0.15) is 5.84 Å². The van der Waals surface area contributed by atoms with Crippen LogP contribution in [0.4, 0.5) is 13.2 Å². The van der Waals surface area contributed by atoms with Crippen LogP contribution < -0.4 is 0 Å². The van der Waals surface area contributed by atoms with Gasteiger partial charge in [-0.1, -0.05) is 56.2 Å². The van der Waals surface area contributed by atoms with Gasteiger partial charge in [0.25, 0.3) is 5.91 Å². The lowest BCUT2D eigenvalue weighted by molar-refractivity contribution is -0.161. The van der Waals surface area contributed by atoms with E-state index >= 15 is 0 Å². The molecular formula is C34H51F3N4O2. The van der Waals surface area contributed by atoms with Gasteiger partial charge >= 0.3 is 6.18 Å². The zero-order chi connectivity index (χ0) is 32.2. The average Bonchev–Trinajstić information content (AvgIpc) is 3.79. The molecule has 43 heavy (non-hydrogen) atoms. The Morgan fingerprint density at radius 3 is 2.47 bits per heavy atom. The zero-order valence-electron chi connectivity index (χ0n) is 27.1. The van der Waals surface area contributed by atoms with Crippen molar-refractivity contribution in [3.05, 3.63) is 59.5 Å². The van der Waals surface area contributed by atoms with Crippen LogP contribution in [0.5, 0.6) is 0 Å². The van der Waals surface area contributed by atoms with E-state index in [1.165, 1.54) is 0 Å². The minimum atomic E-state index is -4.43. The number of alkyl halides is 3. The summed E-state index contributed by atoms with van der Waals surface area (Å²) in [6, 6.07) is -0.538. The lowest BCUT2D eigenvalue weighted by Gasteiger charge is -2.38. The smallest absolute Gasteiger partial charge is 0.376 e. The van der Waals surface area contributed by atoms with Gasteiger partial charge in [0.15, 0.2) is 0 Å². The molecule has 2 aliphatic rings. The highest BCUT2D eigenvalue weighted by Gasteiger charge is 2.42. The number of ether oxygens (including phenoxy) is 1. The summed E-state index contributed by atoms with van der Waals surface area (Å²) in [5, 5.41) is 6.49. The normalized spacial score (nSPS) is 19.2. The Labute approximate surface area is 256 Å². The number of hydrogen-bond donors (Lipinski definition) is 0. The SMILES string of the molecule is C=C/C=C\N=C(/CCCC)N(/N=C\C)C(=C(C)C)C(C)N(CC(OCCC)C1CC1)C(=O)C1=CC(C(F)(F)F)CC(C)=C1. The molecule has 3 atom stereocenters. The summed E-state index contributed by atoms with van der Waals surface area (Å²) >= 11 is 0. The van der Waals surface area contributed by atoms with E-state index in [9.17, 15) is 18.0 Å². The van der Waals surface area contributed by atoms with Crippen LogP contribution in [-0.2, 0) is 9.53 Å². The Morgan fingerprint density at radius 1 is 1.23 bits per heavy atom. The average molecular weight is 605 g/mol. The van der Waals surface area contributed by atoms with E-state index < -0.39 is 24.0 Å². The van der Waals surface area contributed by atoms with E-state index in [0.29, 0.717) is 30.4 Å². The maximum Gasteiger partial charge on any atom is 0.395 e. The van der Waals surface area contributed by atoms with Crippen molar-refractivity contribution in [2.45, 2.75) is 112 Å². The Morgan fingerprint density at radius 2 is 1.93 bits per heavy atom. The van der Waals surface area contributed by atoms with Crippen molar-refractivity contribution in [2.24, 2.45) is 21.9 Å². The molecule has 2 rings (SSSR count). The molecule has 0 N–H and O–H groups in total. The predicted octanol–water partition coefficient (Wildman–Crippen LogP) is 8.75. The molecule has 6 nitrogen and oxygen atoms in total. The van der Waals surface area contributed by atoms with Crippen molar-refractivity contribution in [2.75, 3.05) is 13.2 Å². The molecule has 1 amide bonds. The van der Waals surface area contributed by atoms with Gasteiger partial charge in [0.05, 0.1) is 23.8 Å². The third-order valence-corrected chi connectivity index (χ3v) is 7.59. The van der Waals surface area contributed by atoms with Gasteiger partial charge in [-0.2, -0.15) is 18.3 Å². The molecule has 0 radical (unpaired) electrons. The maximum atomic E-state index is 14.3. The fourth-order valence-electron chi connectivity index (χ4n) is 5.28. The van der Waals surface area contributed by atoms with Crippen LogP contribution in [-0.4, -0.2) is 59.3 Å². The number of hydrogen-bond acceptors (Lipinski definition) is 4. The van der Waals surface area contributed by atoms with Gasteiger partial charge in [-0.3, -0.25) is 4.79 Å². The number of nitrogens with zero attached hydrogens (tertiary/aromatic N) is 4. The molecule has 0 bridgehead atoms. The lowest BCUT2D eigenvalue weighted by atomic mass is 9.89. The van der Waals surface area contributed by atoms with E-state index in [0.717, 1.165) is 49.5 Å². The number of hydrazone groups is 1. The van der Waals surface area contributed by atoms with Gasteiger partial charge in [0.2, 0.25) is 0 Å². The second kappa shape index (κ2) is 17.4. The third-order valence-electron chi connectivity index (χ3n) is 7.59. The molecular weight excluding hydrogens is 553 g/mol. The summed E-state index contributed by atoms with van der Waals surface area (Å²) in [5.41, 5.74) is 2.27. The van der Waals surface area contributed by atoms with Crippen molar-refractivity contribution < 1.29 is 22.7 Å². The number of carbonyl (C=O) groups excluding carboxylic acids is 1. The molecule has 9 heteroatoms. The molecule has 1 fully saturated rings. The first kappa shape index (κ1) is 36.3. The van der Waals surface area contributed by atoms with E-state index in [-0.39, 0.29) is 24.6 Å². The molecule has 0 spiro atoms. The van der Waals surface area contributed by atoms with E-state index in [1.807, 2.05) is 34.6 Å². The Balaban J connectivity index is 2.67. The molecule has 0 aromatic carbocycles. The highest BCUT2D eigenvalue weighted by Crippen LogP contribution is 2.38. The van der Waals surface area contributed by atoms with Crippen molar-refractivity contribution in [1.82, 2.24) is 9.91 Å². The van der Waals surface area contributed by atoms with E-state index in [4.69, 9.17) is 14.8 Å². The van der Waals surface area contributed by atoms with Gasteiger partial charge in [-0.25, -0.2) is 10.0 Å². The summed E-state index contributed by atoms with van der Waals surface area (Å²) in [6.07, 6.45) is 9.99. The number of halogens is 3. The van der Waals surface area contributed by atoms with Crippen molar-refractivity contribution in [3.63, 3.8) is 0 Å². The molecule has 0 aliphatic heterocycles. The molecule has 0 saturated heterocycles. The largest absolute Gasteiger partial charge is 0.395 e. The first-order chi connectivity index (χ1) is 20.4. The Hall–Kier alpha value is -2.94. The van der Waals surface area contributed by atoms with E-state index in [2.05, 4.69) is 13.5 Å². The zero-order valence-corrected chi connectivity index (χ0v) is 27.1. The summed E-state index contributed by atoms with van der Waals surface area (Å²) in [5.74, 6) is -1.11. The van der Waals surface area contributed by atoms with Crippen LogP contribution in [0.25, 0.3) is 0 Å². The van der Waals surface area contributed by atoms with E-state index in [1.54, 1.807) is 47.5 Å². The number of carbonyl (C=O) groups is 1. The summed E-state index contributed by atoms with van der Waals surface area (Å²) in [6.45, 7) is 18.0. The number of amidine groups is 1. The predicted molar refractivity (Wildman–Crippen MR) is 171 cm³/mol. The third kappa shape index (κ3) is 10.9. The molecule has 240 valence electrons. The highest BCUT2D eigenvalue weighted by atomic mass is 19.4. The second-order valence-corrected chi connectivity index (χ2v) is 11.6. The fraction of sp³-hybridized carbons (Fsp3) is 0.618. The quantitative estimate of drug-likeness (QED) is 0.0766. The minimum Gasteiger partial charge on any atom is -0.376 e. The van der Waals surface area contributed by atoms with Crippen LogP contribution >= 0.6 is 0 Å². The second-order valence-electron chi connectivity index (χ2n) is 11.6. The summed E-state index contributed by atoms with van der Waals surface area (Å²) in [4.78, 5) is 20.7. The topological polar surface area (TPSA) is 57.5 Å². The van der Waals surface area contributed by atoms with Crippen molar-refractivity contribution >= 4 is 18.0 Å². The van der Waals surface area contributed by atoms with Crippen LogP contribution in [0.1, 0.15) is 93.4 Å². The summed E-state index contributed by atoms with van der Waals surface area (Å²) < 4.78 is 47.8. The van der Waals surface area contributed by atoms with Crippen molar-refractivity contribution in [3.8, 4) is 0 Å². The number of allylic oxidation sites excluding steroid dienone is 5. The van der Waals surface area contributed by atoms with Gasteiger partial charge < -0.3 is 9.64 Å². The Kier molecular flexibility index (Phi) is 14.7. The molecule has 0 aromatic rings. The number of rotatable bonds is 16. The molecule has 0 heterocycles. The number of unbranched alkanes of at least 4 members (excludes halogenated alkanes) is 1. The standard InChI is InChI=1S/C34H51F3N4O2/c1-9-13-15-31(38-18-14-10-2)41(39-12-4)32(24(5)6)26(8)40(23-30(27-16-17-27)43-19-11-3)33(42)28-20-25(7)21-29(22-28)34(35,36)37/h10,12,14,18,20,22,26-27,29-30H,2,9,11,13,15-17,19,21,23H2,1,3-8H3/b18-14-,38-31+,39-12-. The van der Waals surface area contributed by atoms with Gasteiger partial charge in [-0.15, -0.1) is 0 Å². The van der Waals surface area contributed by atoms with Crippen LogP contribution in [0.2, 0.25) is 0 Å². The minimum absolute atomic E-state index is 0.0652. The Bertz CT molecular complexity index is 1120. The lowest BCUT2D eigenvalue weighted by Crippen LogP contribution is -2.49. The molecule has 2 aliphatic carbocycles. The van der Waals surface area contributed by atoms with Crippen LogP contribution in [0, 0.1) is 11.8 Å². The van der Waals surface area contributed by atoms with Gasteiger partial charge in [0, 0.05) is 37.6 Å². The van der Waals surface area contributed by atoms with Crippen molar-refractivity contribution in [1.29, 1.82) is 0 Å². The fourth-order valence-corrected chi connectivity index (χ4v) is 5.28. The highest BCUT2D eigenvalue weighted by molar-refractivity contribution is 5.97. The first-order valence-corrected chi connectivity index (χ1v) is 15.6. The number of amides is 1. The summed E-state index contributed by atoms with van der Waals surface area (Å²) in [7, 11) is 0. The monoisotopic (exact) mass is 604 g/mol.